The zero-order chi connectivity index (χ0) is 21.1. The van der Waals surface area contributed by atoms with Crippen LogP contribution in [0.5, 0.6) is 5.75 Å². The topological polar surface area (TPSA) is 121 Å². The second kappa shape index (κ2) is 8.01. The molecule has 0 unspecified atom stereocenters. The molecule has 0 atom stereocenters. The van der Waals surface area contributed by atoms with E-state index < -0.39 is 34.6 Å². The third-order valence-electron chi connectivity index (χ3n) is 4.21. The van der Waals surface area contributed by atoms with E-state index in [9.17, 15) is 23.9 Å². The molecule has 3 aromatic rings. The van der Waals surface area contributed by atoms with Crippen LogP contribution in [0, 0.1) is 5.82 Å². The maximum Gasteiger partial charge on any atom is 0.338 e. The average Bonchev–Trinajstić information content (AvgIpc) is 2.69. The van der Waals surface area contributed by atoms with Crippen molar-refractivity contribution in [1.29, 1.82) is 0 Å². The molecule has 0 saturated heterocycles. The van der Waals surface area contributed by atoms with Crippen LogP contribution in [-0.2, 0) is 4.74 Å². The zero-order valence-electron chi connectivity index (χ0n) is 15.6. The highest BCUT2D eigenvalue weighted by Crippen LogP contribution is 2.30. The SMILES string of the molecule is CCOC(=O)c1ccc(NC(=O)c2c(O)c3cc(F)cc(NC)c3[nH]c2=O)cc1. The van der Waals surface area contributed by atoms with Gasteiger partial charge in [0.1, 0.15) is 17.1 Å². The van der Waals surface area contributed by atoms with Gasteiger partial charge in [-0.1, -0.05) is 0 Å². The van der Waals surface area contributed by atoms with E-state index in [0.717, 1.165) is 12.1 Å². The molecule has 4 N–H and O–H groups in total. The molecule has 1 heterocycles. The zero-order valence-corrected chi connectivity index (χ0v) is 15.6. The Balaban J connectivity index is 1.95. The molecule has 0 aliphatic carbocycles. The first kappa shape index (κ1) is 19.9. The number of halogens is 1. The lowest BCUT2D eigenvalue weighted by Crippen LogP contribution is -2.23. The molecule has 0 saturated carbocycles. The van der Waals surface area contributed by atoms with Crippen LogP contribution in [0.15, 0.2) is 41.2 Å². The van der Waals surface area contributed by atoms with Crippen LogP contribution in [0.4, 0.5) is 15.8 Å². The van der Waals surface area contributed by atoms with Crippen molar-refractivity contribution in [3.8, 4) is 5.75 Å². The number of carbonyl (C=O) groups excluding carboxylic acids is 2. The van der Waals surface area contributed by atoms with Gasteiger partial charge < -0.3 is 25.5 Å². The Bertz CT molecular complexity index is 1160. The summed E-state index contributed by atoms with van der Waals surface area (Å²) >= 11 is 0. The highest BCUT2D eigenvalue weighted by atomic mass is 19.1. The van der Waals surface area contributed by atoms with Crippen LogP contribution >= 0.6 is 0 Å². The number of aromatic hydroxyl groups is 1. The van der Waals surface area contributed by atoms with Gasteiger partial charge in [-0.15, -0.1) is 0 Å². The average molecular weight is 399 g/mol. The summed E-state index contributed by atoms with van der Waals surface area (Å²) < 4.78 is 18.7. The first-order chi connectivity index (χ1) is 13.8. The monoisotopic (exact) mass is 399 g/mol. The van der Waals surface area contributed by atoms with Crippen molar-refractivity contribution in [2.24, 2.45) is 0 Å². The molecule has 8 nitrogen and oxygen atoms in total. The van der Waals surface area contributed by atoms with Gasteiger partial charge in [0.2, 0.25) is 0 Å². The third kappa shape index (κ3) is 3.88. The minimum atomic E-state index is -0.884. The van der Waals surface area contributed by atoms with Gasteiger partial charge in [0.15, 0.2) is 0 Å². The molecular formula is C20H18FN3O5. The van der Waals surface area contributed by atoms with Crippen LogP contribution in [-0.4, -0.2) is 35.6 Å². The number of nitrogens with one attached hydrogen (secondary N) is 3. The van der Waals surface area contributed by atoms with Gasteiger partial charge >= 0.3 is 5.97 Å². The van der Waals surface area contributed by atoms with E-state index in [1.807, 2.05) is 0 Å². The summed E-state index contributed by atoms with van der Waals surface area (Å²) in [6.07, 6.45) is 0. The lowest BCUT2D eigenvalue weighted by atomic mass is 10.1. The number of amides is 1. The fourth-order valence-electron chi connectivity index (χ4n) is 2.85. The highest BCUT2D eigenvalue weighted by Gasteiger charge is 2.21. The first-order valence-corrected chi connectivity index (χ1v) is 8.70. The van der Waals surface area contributed by atoms with Gasteiger partial charge in [0.25, 0.3) is 11.5 Å². The number of esters is 1. The lowest BCUT2D eigenvalue weighted by Gasteiger charge is -2.11. The van der Waals surface area contributed by atoms with Crippen LogP contribution in [0.25, 0.3) is 10.9 Å². The van der Waals surface area contributed by atoms with E-state index in [0.29, 0.717) is 5.56 Å². The normalized spacial score (nSPS) is 10.6. The second-order valence-electron chi connectivity index (χ2n) is 6.06. The summed E-state index contributed by atoms with van der Waals surface area (Å²) in [7, 11) is 1.53. The number of fused-ring (bicyclic) bond motifs is 1. The number of ether oxygens (including phenoxy) is 1. The lowest BCUT2D eigenvalue weighted by molar-refractivity contribution is 0.0526. The van der Waals surface area contributed by atoms with Crippen molar-refractivity contribution in [1.82, 2.24) is 4.98 Å². The van der Waals surface area contributed by atoms with E-state index in [2.05, 4.69) is 15.6 Å². The van der Waals surface area contributed by atoms with Gasteiger partial charge in [0.05, 0.1) is 23.4 Å². The predicted octanol–water partition coefficient (Wildman–Crippen LogP) is 2.84. The third-order valence-corrected chi connectivity index (χ3v) is 4.21. The van der Waals surface area contributed by atoms with Gasteiger partial charge in [-0.3, -0.25) is 9.59 Å². The van der Waals surface area contributed by atoms with Crippen molar-refractivity contribution in [3.63, 3.8) is 0 Å². The number of carbonyl (C=O) groups is 2. The first-order valence-electron chi connectivity index (χ1n) is 8.70. The maximum absolute atomic E-state index is 13.8. The molecular weight excluding hydrogens is 381 g/mol. The number of hydrogen-bond donors (Lipinski definition) is 4. The quantitative estimate of drug-likeness (QED) is 0.490. The van der Waals surface area contributed by atoms with Crippen LogP contribution in [0.2, 0.25) is 0 Å². The fourth-order valence-corrected chi connectivity index (χ4v) is 2.85. The Labute approximate surface area is 164 Å². The van der Waals surface area contributed by atoms with E-state index in [4.69, 9.17) is 4.74 Å². The largest absolute Gasteiger partial charge is 0.506 e. The molecule has 0 radical (unpaired) electrons. The molecule has 2 aromatic carbocycles. The predicted molar refractivity (Wildman–Crippen MR) is 106 cm³/mol. The second-order valence-corrected chi connectivity index (χ2v) is 6.06. The molecule has 1 aromatic heterocycles. The van der Waals surface area contributed by atoms with Crippen LogP contribution < -0.4 is 16.2 Å². The summed E-state index contributed by atoms with van der Waals surface area (Å²) in [5.41, 5.74) is -0.373. The molecule has 29 heavy (non-hydrogen) atoms. The number of benzene rings is 2. The molecule has 150 valence electrons. The van der Waals surface area contributed by atoms with Crippen LogP contribution in [0.3, 0.4) is 0 Å². The van der Waals surface area contributed by atoms with Gasteiger partial charge in [-0.2, -0.15) is 0 Å². The van der Waals surface area contributed by atoms with Gasteiger partial charge in [-0.25, -0.2) is 9.18 Å². The van der Waals surface area contributed by atoms with Gasteiger partial charge in [-0.05, 0) is 43.3 Å². The number of hydrogen-bond acceptors (Lipinski definition) is 6. The Kier molecular flexibility index (Phi) is 5.49. The van der Waals surface area contributed by atoms with Crippen molar-refractivity contribution in [2.75, 3.05) is 24.3 Å². The van der Waals surface area contributed by atoms with Crippen molar-refractivity contribution in [3.05, 3.63) is 63.7 Å². The number of H-pyrrole nitrogens is 1. The minimum Gasteiger partial charge on any atom is -0.506 e. The maximum atomic E-state index is 13.8. The number of anilines is 2. The molecule has 0 aliphatic heterocycles. The fraction of sp³-hybridized carbons (Fsp3) is 0.150. The molecule has 0 spiro atoms. The molecule has 3 rings (SSSR count). The molecule has 9 heteroatoms. The Morgan fingerprint density at radius 3 is 2.52 bits per heavy atom. The summed E-state index contributed by atoms with van der Waals surface area (Å²) in [6.45, 7) is 1.92. The molecule has 1 amide bonds. The Hall–Kier alpha value is -3.88. The summed E-state index contributed by atoms with van der Waals surface area (Å²) in [5.74, 6) is -2.67. The van der Waals surface area contributed by atoms with E-state index >= 15 is 0 Å². The highest BCUT2D eigenvalue weighted by molar-refractivity contribution is 6.10. The minimum absolute atomic E-state index is 0.0169. The molecule has 0 aliphatic rings. The van der Waals surface area contributed by atoms with Crippen molar-refractivity contribution < 1.29 is 23.8 Å². The van der Waals surface area contributed by atoms with E-state index in [-0.39, 0.29) is 28.9 Å². The number of rotatable bonds is 5. The van der Waals surface area contributed by atoms with Crippen LogP contribution in [0.1, 0.15) is 27.6 Å². The standard InChI is InChI=1S/C20H18FN3O5/c1-3-29-20(28)10-4-6-12(7-5-10)23-18(26)15-17(25)13-8-11(21)9-14(22-2)16(13)24-19(15)27/h4-9,22H,3H2,1-2H3,(H,23,26)(H2,24,25,27). The summed E-state index contributed by atoms with van der Waals surface area (Å²) in [4.78, 5) is 39.1. The smallest absolute Gasteiger partial charge is 0.338 e. The van der Waals surface area contributed by atoms with Crippen molar-refractivity contribution in [2.45, 2.75) is 6.92 Å². The number of aromatic amines is 1. The molecule has 0 bridgehead atoms. The summed E-state index contributed by atoms with van der Waals surface area (Å²) in [6, 6.07) is 7.98. The Morgan fingerprint density at radius 1 is 1.21 bits per heavy atom. The molecule has 0 fully saturated rings. The Morgan fingerprint density at radius 2 is 1.90 bits per heavy atom. The van der Waals surface area contributed by atoms with Crippen molar-refractivity contribution >= 4 is 34.2 Å². The number of pyridine rings is 1. The van der Waals surface area contributed by atoms with Gasteiger partial charge in [0, 0.05) is 18.1 Å². The number of aromatic nitrogens is 1. The summed E-state index contributed by atoms with van der Waals surface area (Å²) in [5, 5.41) is 15.6. The van der Waals surface area contributed by atoms with E-state index in [1.165, 1.54) is 31.3 Å². The van der Waals surface area contributed by atoms with E-state index in [1.54, 1.807) is 6.92 Å².